The van der Waals surface area contributed by atoms with Crippen LogP contribution in [-0.4, -0.2) is 28.8 Å². The number of nitrogen functional groups attached to an aromatic ring is 1. The normalized spacial score (nSPS) is 13.4. The van der Waals surface area contributed by atoms with Gasteiger partial charge in [0.05, 0.1) is 30.5 Å². The molecule has 4 rings (SSSR count). The number of hydrogen-bond acceptors (Lipinski definition) is 5. The van der Waals surface area contributed by atoms with Crippen LogP contribution in [0.25, 0.3) is 10.9 Å². The van der Waals surface area contributed by atoms with Gasteiger partial charge in [0, 0.05) is 11.6 Å². The number of benzene rings is 2. The van der Waals surface area contributed by atoms with E-state index in [-0.39, 0.29) is 34.9 Å². The summed E-state index contributed by atoms with van der Waals surface area (Å²) >= 11 is 0. The molecule has 26 heavy (non-hydrogen) atoms. The van der Waals surface area contributed by atoms with Crippen molar-refractivity contribution in [1.29, 1.82) is 0 Å². The number of nitrogens with zero attached hydrogens (tertiary/aromatic N) is 2. The van der Waals surface area contributed by atoms with Crippen LogP contribution in [0.4, 0.5) is 10.1 Å². The van der Waals surface area contributed by atoms with Crippen LogP contribution in [0, 0.1) is 5.82 Å². The first-order valence-electron chi connectivity index (χ1n) is 7.87. The van der Waals surface area contributed by atoms with Crippen molar-refractivity contribution in [3.8, 4) is 5.75 Å². The van der Waals surface area contributed by atoms with Gasteiger partial charge in [-0.2, -0.15) is 0 Å². The highest BCUT2D eigenvalue weighted by Crippen LogP contribution is 2.41. The number of imide groups is 1. The highest BCUT2D eigenvalue weighted by molar-refractivity contribution is 6.28. The Bertz CT molecular complexity index is 1060. The van der Waals surface area contributed by atoms with Crippen LogP contribution < -0.4 is 10.5 Å². The molecule has 130 valence electrons. The lowest BCUT2D eigenvalue weighted by Crippen LogP contribution is -2.29. The second-order valence-corrected chi connectivity index (χ2v) is 5.92. The lowest BCUT2D eigenvalue weighted by Gasteiger charge is -2.13. The molecule has 3 aromatic rings. The Balaban J connectivity index is 1.87. The van der Waals surface area contributed by atoms with Gasteiger partial charge in [-0.05, 0) is 29.8 Å². The fourth-order valence-electron chi connectivity index (χ4n) is 3.21. The van der Waals surface area contributed by atoms with Gasteiger partial charge in [0.25, 0.3) is 11.8 Å². The van der Waals surface area contributed by atoms with E-state index in [0.717, 1.165) is 4.90 Å². The molecule has 2 N–H and O–H groups in total. The van der Waals surface area contributed by atoms with Crippen LogP contribution >= 0.6 is 0 Å². The number of carbonyl (C=O) groups excluding carboxylic acids is 2. The van der Waals surface area contributed by atoms with Crippen molar-refractivity contribution in [3.05, 3.63) is 65.1 Å². The number of pyridine rings is 1. The molecule has 0 atom stereocenters. The van der Waals surface area contributed by atoms with Crippen LogP contribution in [0.15, 0.2) is 42.6 Å². The van der Waals surface area contributed by atoms with Crippen molar-refractivity contribution in [3.63, 3.8) is 0 Å². The molecule has 0 spiro atoms. The Morgan fingerprint density at radius 3 is 2.50 bits per heavy atom. The van der Waals surface area contributed by atoms with Gasteiger partial charge in [-0.1, -0.05) is 12.1 Å². The minimum absolute atomic E-state index is 0.0129. The summed E-state index contributed by atoms with van der Waals surface area (Å²) < 4.78 is 18.5. The van der Waals surface area contributed by atoms with Crippen molar-refractivity contribution in [1.82, 2.24) is 9.88 Å². The Morgan fingerprint density at radius 1 is 1.12 bits per heavy atom. The maximum absolute atomic E-state index is 13.1. The van der Waals surface area contributed by atoms with Gasteiger partial charge in [-0.3, -0.25) is 19.5 Å². The lowest BCUT2D eigenvalue weighted by molar-refractivity contribution is 0.0642. The topological polar surface area (TPSA) is 85.5 Å². The quantitative estimate of drug-likeness (QED) is 0.579. The Morgan fingerprint density at radius 2 is 1.81 bits per heavy atom. The minimum atomic E-state index is -0.509. The number of hydrogen-bond donors (Lipinski definition) is 1. The highest BCUT2D eigenvalue weighted by atomic mass is 19.1. The van der Waals surface area contributed by atoms with Gasteiger partial charge in [0.15, 0.2) is 5.75 Å². The molecular formula is C19H14FN3O3. The zero-order valence-corrected chi connectivity index (χ0v) is 13.8. The van der Waals surface area contributed by atoms with Crippen molar-refractivity contribution >= 4 is 28.4 Å². The predicted octanol–water partition coefficient (Wildman–Crippen LogP) is 2.76. The molecular weight excluding hydrogens is 337 g/mol. The molecule has 7 heteroatoms. The molecule has 2 aromatic carbocycles. The number of ether oxygens (including phenoxy) is 1. The van der Waals surface area contributed by atoms with E-state index < -0.39 is 11.8 Å². The van der Waals surface area contributed by atoms with E-state index in [2.05, 4.69) is 4.98 Å². The summed E-state index contributed by atoms with van der Waals surface area (Å²) in [6, 6.07) is 9.03. The summed E-state index contributed by atoms with van der Waals surface area (Å²) in [5.74, 6) is -1.18. The number of fused-ring (bicyclic) bond motifs is 2. The van der Waals surface area contributed by atoms with Gasteiger partial charge in [-0.15, -0.1) is 0 Å². The predicted molar refractivity (Wildman–Crippen MR) is 93.3 cm³/mol. The molecule has 1 aromatic heterocycles. The van der Waals surface area contributed by atoms with Gasteiger partial charge in [0.1, 0.15) is 11.3 Å². The lowest BCUT2D eigenvalue weighted by atomic mass is 10.0. The molecule has 0 unspecified atom stereocenters. The van der Waals surface area contributed by atoms with Gasteiger partial charge < -0.3 is 10.5 Å². The number of aromatic nitrogens is 1. The van der Waals surface area contributed by atoms with Crippen LogP contribution in [0.3, 0.4) is 0 Å². The molecule has 1 aliphatic heterocycles. The van der Waals surface area contributed by atoms with E-state index in [0.29, 0.717) is 16.5 Å². The van der Waals surface area contributed by atoms with E-state index in [4.69, 9.17) is 10.5 Å². The van der Waals surface area contributed by atoms with Crippen LogP contribution in [0.5, 0.6) is 5.75 Å². The monoisotopic (exact) mass is 351 g/mol. The first-order valence-corrected chi connectivity index (χ1v) is 7.87. The first-order chi connectivity index (χ1) is 12.5. The van der Waals surface area contributed by atoms with E-state index in [1.54, 1.807) is 18.3 Å². The summed E-state index contributed by atoms with van der Waals surface area (Å²) in [4.78, 5) is 31.1. The molecule has 2 amide bonds. The molecule has 0 fully saturated rings. The molecule has 0 saturated heterocycles. The number of amides is 2. The summed E-state index contributed by atoms with van der Waals surface area (Å²) in [5, 5.41) is 0.549. The zero-order valence-electron chi connectivity index (χ0n) is 13.8. The third-order valence-corrected chi connectivity index (χ3v) is 4.44. The number of nitrogens with two attached hydrogens (primary N) is 1. The second kappa shape index (κ2) is 5.80. The van der Waals surface area contributed by atoms with Crippen LogP contribution in [0.1, 0.15) is 26.3 Å². The fraction of sp³-hybridized carbons (Fsp3) is 0.105. The van der Waals surface area contributed by atoms with Crippen LogP contribution in [-0.2, 0) is 6.54 Å². The SMILES string of the molecule is COc1c2c(c(N)c3cccnc13)C(=O)N(Cc1ccc(F)cc1)C2=O. The largest absolute Gasteiger partial charge is 0.494 e. The number of halogens is 1. The van der Waals surface area contributed by atoms with Crippen molar-refractivity contribution in [2.75, 3.05) is 12.8 Å². The average Bonchev–Trinajstić information content (AvgIpc) is 2.89. The van der Waals surface area contributed by atoms with Gasteiger partial charge in [0.2, 0.25) is 0 Å². The fourth-order valence-corrected chi connectivity index (χ4v) is 3.21. The maximum Gasteiger partial charge on any atom is 0.265 e. The third kappa shape index (κ3) is 2.21. The average molecular weight is 351 g/mol. The summed E-state index contributed by atoms with van der Waals surface area (Å²) in [7, 11) is 1.42. The number of carbonyl (C=O) groups is 2. The maximum atomic E-state index is 13.1. The molecule has 0 aliphatic carbocycles. The van der Waals surface area contributed by atoms with E-state index in [1.165, 1.54) is 31.4 Å². The summed E-state index contributed by atoms with van der Waals surface area (Å²) in [6.45, 7) is 0.0129. The standard InChI is InChI=1S/C19H14FN3O3/c1-26-17-14-13(15(21)12-3-2-8-22-16(12)17)18(24)23(19(14)25)9-10-4-6-11(20)7-5-10/h2-8H,9,21H2,1H3. The van der Waals surface area contributed by atoms with Gasteiger partial charge in [-0.25, -0.2) is 4.39 Å². The van der Waals surface area contributed by atoms with Crippen molar-refractivity contribution in [2.45, 2.75) is 6.54 Å². The van der Waals surface area contributed by atoms with Crippen molar-refractivity contribution < 1.29 is 18.7 Å². The number of anilines is 1. The molecule has 0 radical (unpaired) electrons. The molecule has 6 nitrogen and oxygen atoms in total. The third-order valence-electron chi connectivity index (χ3n) is 4.44. The molecule has 0 bridgehead atoms. The zero-order chi connectivity index (χ0) is 18.4. The Labute approximate surface area is 148 Å². The number of methoxy groups -OCH3 is 1. The number of rotatable bonds is 3. The molecule has 1 aliphatic rings. The van der Waals surface area contributed by atoms with E-state index in [1.807, 2.05) is 0 Å². The Kier molecular flexibility index (Phi) is 3.57. The molecule has 2 heterocycles. The van der Waals surface area contributed by atoms with Crippen molar-refractivity contribution in [2.24, 2.45) is 0 Å². The summed E-state index contributed by atoms with van der Waals surface area (Å²) in [5.41, 5.74) is 7.66. The van der Waals surface area contributed by atoms with E-state index >= 15 is 0 Å². The second-order valence-electron chi connectivity index (χ2n) is 5.92. The summed E-state index contributed by atoms with van der Waals surface area (Å²) in [6.07, 6.45) is 1.56. The van der Waals surface area contributed by atoms with Crippen LogP contribution in [0.2, 0.25) is 0 Å². The minimum Gasteiger partial charge on any atom is -0.494 e. The van der Waals surface area contributed by atoms with Gasteiger partial charge >= 0.3 is 0 Å². The molecule has 0 saturated carbocycles. The highest BCUT2D eigenvalue weighted by Gasteiger charge is 2.41. The smallest absolute Gasteiger partial charge is 0.265 e. The Hall–Kier alpha value is -3.48. The van der Waals surface area contributed by atoms with E-state index in [9.17, 15) is 14.0 Å². The first kappa shape index (κ1) is 16.0.